The smallest absolute Gasteiger partial charge is 0.199 e. The van der Waals surface area contributed by atoms with Crippen molar-refractivity contribution >= 4 is 17.4 Å². The van der Waals surface area contributed by atoms with Crippen molar-refractivity contribution in [2.45, 2.75) is 31.8 Å². The summed E-state index contributed by atoms with van der Waals surface area (Å²) < 4.78 is 20.6. The summed E-state index contributed by atoms with van der Waals surface area (Å²) in [6, 6.07) is 6.46. The van der Waals surface area contributed by atoms with E-state index in [4.69, 9.17) is 16.3 Å². The van der Waals surface area contributed by atoms with Crippen LogP contribution in [-0.2, 0) is 4.74 Å². The molecule has 0 saturated carbocycles. The molecule has 0 spiro atoms. The average Bonchev–Trinajstić information content (AvgIpc) is 3.14. The van der Waals surface area contributed by atoms with Crippen LogP contribution in [0.5, 0.6) is 0 Å². The molecule has 132 valence electrons. The molecule has 1 aliphatic rings. The predicted molar refractivity (Wildman–Crippen MR) is 94.5 cm³/mol. The first-order valence-corrected chi connectivity index (χ1v) is 8.76. The maximum Gasteiger partial charge on any atom is 0.199 e. The second-order valence-electron chi connectivity index (χ2n) is 6.08. The average molecular weight is 363 g/mol. The number of halogens is 2. The number of hydrogen-bond donors (Lipinski definition) is 1. The van der Waals surface area contributed by atoms with Crippen LogP contribution in [0.2, 0.25) is 5.02 Å². The number of carbonyl (C=O) groups excluding carboxylic acids is 1. The van der Waals surface area contributed by atoms with Crippen LogP contribution in [0, 0.1) is 5.82 Å². The number of carbonyl (C=O) groups is 1. The third kappa shape index (κ3) is 3.89. The van der Waals surface area contributed by atoms with Crippen LogP contribution in [0.3, 0.4) is 0 Å². The molecular weight excluding hydrogens is 343 g/mol. The monoisotopic (exact) mass is 362 g/mol. The fraction of sp³-hybridized carbons (Fsp3) is 0.368. The molecule has 2 heterocycles. The molecule has 1 fully saturated rings. The number of nitrogens with one attached hydrogen (secondary N) is 1. The normalized spacial score (nSPS) is 18.3. The van der Waals surface area contributed by atoms with Crippen molar-refractivity contribution in [3.63, 3.8) is 0 Å². The van der Waals surface area contributed by atoms with Gasteiger partial charge >= 0.3 is 0 Å². The number of ether oxygens (including phenoxy) is 1. The summed E-state index contributed by atoms with van der Waals surface area (Å²) in [7, 11) is 0. The highest BCUT2D eigenvalue weighted by Gasteiger charge is 2.26. The largest absolute Gasteiger partial charge is 0.380 e. The number of benzene rings is 1. The number of hydrogen-bond acceptors (Lipinski definition) is 4. The second kappa shape index (κ2) is 8.04. The fourth-order valence-corrected chi connectivity index (χ4v) is 3.30. The minimum Gasteiger partial charge on any atom is -0.380 e. The van der Waals surface area contributed by atoms with Crippen LogP contribution in [0.1, 0.15) is 47.3 Å². The van der Waals surface area contributed by atoms with Gasteiger partial charge in [-0.15, -0.1) is 0 Å². The highest BCUT2D eigenvalue weighted by atomic mass is 35.5. The van der Waals surface area contributed by atoms with Gasteiger partial charge in [-0.2, -0.15) is 0 Å². The molecule has 0 unspecified atom stereocenters. The minimum atomic E-state index is -0.570. The van der Waals surface area contributed by atoms with Crippen LogP contribution >= 0.6 is 11.6 Å². The predicted octanol–water partition coefficient (Wildman–Crippen LogP) is 3.93. The Labute approximate surface area is 151 Å². The fourth-order valence-electron chi connectivity index (χ4n) is 3.07. The van der Waals surface area contributed by atoms with Crippen LogP contribution < -0.4 is 5.32 Å². The lowest BCUT2D eigenvalue weighted by molar-refractivity contribution is 0.103. The molecule has 6 heteroatoms. The van der Waals surface area contributed by atoms with Gasteiger partial charge in [0, 0.05) is 42.2 Å². The lowest BCUT2D eigenvalue weighted by Crippen LogP contribution is -2.33. The van der Waals surface area contributed by atoms with Crippen molar-refractivity contribution in [3.8, 4) is 0 Å². The minimum absolute atomic E-state index is 0.102. The van der Waals surface area contributed by atoms with Gasteiger partial charge in [0.1, 0.15) is 5.82 Å². The molecule has 2 atom stereocenters. The number of nitrogens with zero attached hydrogens (tertiary/aromatic N) is 1. The molecule has 0 aliphatic carbocycles. The van der Waals surface area contributed by atoms with Crippen molar-refractivity contribution in [2.75, 3.05) is 13.2 Å². The third-order valence-corrected chi connectivity index (χ3v) is 4.74. The van der Waals surface area contributed by atoms with Gasteiger partial charge in [-0.3, -0.25) is 9.78 Å². The van der Waals surface area contributed by atoms with Gasteiger partial charge in [0.25, 0.3) is 0 Å². The number of pyridine rings is 1. The Morgan fingerprint density at radius 2 is 2.32 bits per heavy atom. The van der Waals surface area contributed by atoms with Crippen molar-refractivity contribution in [2.24, 2.45) is 0 Å². The zero-order valence-corrected chi connectivity index (χ0v) is 14.7. The molecule has 0 radical (unpaired) electrons. The lowest BCUT2D eigenvalue weighted by atomic mass is 9.96. The van der Waals surface area contributed by atoms with Crippen molar-refractivity contribution in [3.05, 3.63) is 64.2 Å². The first-order valence-electron chi connectivity index (χ1n) is 8.38. The summed E-state index contributed by atoms with van der Waals surface area (Å²) in [6.07, 6.45) is 4.56. The van der Waals surface area contributed by atoms with Crippen LogP contribution in [0.4, 0.5) is 4.39 Å². The molecule has 0 amide bonds. The van der Waals surface area contributed by atoms with Crippen LogP contribution in [0.15, 0.2) is 36.7 Å². The van der Waals surface area contributed by atoms with Gasteiger partial charge in [0.05, 0.1) is 17.2 Å². The first kappa shape index (κ1) is 18.0. The summed E-state index contributed by atoms with van der Waals surface area (Å²) in [5, 5.41) is 3.52. The highest BCUT2D eigenvalue weighted by molar-refractivity contribution is 6.35. The molecule has 1 aromatic heterocycles. The van der Waals surface area contributed by atoms with Crippen molar-refractivity contribution in [1.29, 1.82) is 0 Å². The quantitative estimate of drug-likeness (QED) is 0.791. The van der Waals surface area contributed by atoms with Gasteiger partial charge in [0.2, 0.25) is 0 Å². The third-order valence-electron chi connectivity index (χ3n) is 4.42. The highest BCUT2D eigenvalue weighted by Crippen LogP contribution is 2.30. The number of aromatic nitrogens is 1. The number of ketones is 1. The summed E-state index contributed by atoms with van der Waals surface area (Å²) in [4.78, 5) is 16.6. The Bertz CT molecular complexity index is 749. The van der Waals surface area contributed by atoms with E-state index in [-0.39, 0.29) is 22.7 Å². The van der Waals surface area contributed by atoms with Crippen molar-refractivity contribution < 1.29 is 13.9 Å². The van der Waals surface area contributed by atoms with E-state index in [0.717, 1.165) is 6.42 Å². The van der Waals surface area contributed by atoms with E-state index in [2.05, 4.69) is 10.3 Å². The van der Waals surface area contributed by atoms with Gasteiger partial charge < -0.3 is 10.1 Å². The molecule has 0 bridgehead atoms. The van der Waals surface area contributed by atoms with E-state index in [1.165, 1.54) is 6.20 Å². The van der Waals surface area contributed by atoms with Gasteiger partial charge in [0.15, 0.2) is 5.78 Å². The molecule has 1 saturated heterocycles. The summed E-state index contributed by atoms with van der Waals surface area (Å²) in [6.45, 7) is 3.30. The molecule has 1 aromatic carbocycles. The zero-order chi connectivity index (χ0) is 17.8. The molecule has 2 aromatic rings. The maximum atomic E-state index is 15.2. The Morgan fingerprint density at radius 1 is 1.48 bits per heavy atom. The van der Waals surface area contributed by atoms with Gasteiger partial charge in [-0.25, -0.2) is 4.39 Å². The standard InChI is InChI=1S/C19H20ClFN2O2/c1-2-16(23-13-7-9-25-11-13)14-5-6-15(20)17(18(14)21)19(24)12-4-3-8-22-10-12/h3-6,8,10,13,16,23H,2,7,9,11H2,1H3/t13-,16+/m0/s1. The second-order valence-corrected chi connectivity index (χ2v) is 6.49. The van der Waals surface area contributed by atoms with Crippen LogP contribution in [0.25, 0.3) is 0 Å². The van der Waals surface area contributed by atoms with Gasteiger partial charge in [-0.1, -0.05) is 24.6 Å². The Morgan fingerprint density at radius 3 is 2.96 bits per heavy atom. The molecule has 1 N–H and O–H groups in total. The molecule has 4 nitrogen and oxygen atoms in total. The van der Waals surface area contributed by atoms with E-state index in [1.54, 1.807) is 30.5 Å². The molecule has 3 rings (SSSR count). The van der Waals surface area contributed by atoms with Crippen LogP contribution in [-0.4, -0.2) is 30.0 Å². The molecule has 1 aliphatic heterocycles. The number of rotatable bonds is 6. The van der Waals surface area contributed by atoms with E-state index >= 15 is 4.39 Å². The van der Waals surface area contributed by atoms with E-state index in [9.17, 15) is 4.79 Å². The molecule has 25 heavy (non-hydrogen) atoms. The first-order chi connectivity index (χ1) is 12.1. The lowest BCUT2D eigenvalue weighted by Gasteiger charge is -2.23. The maximum absolute atomic E-state index is 15.2. The van der Waals surface area contributed by atoms with E-state index < -0.39 is 11.6 Å². The van der Waals surface area contributed by atoms with E-state index in [0.29, 0.717) is 30.8 Å². The Hall–Kier alpha value is -1.82. The van der Waals surface area contributed by atoms with E-state index in [1.807, 2.05) is 6.92 Å². The summed E-state index contributed by atoms with van der Waals surface area (Å²) >= 11 is 6.14. The summed E-state index contributed by atoms with van der Waals surface area (Å²) in [5.74, 6) is -1.03. The Kier molecular flexibility index (Phi) is 5.78. The summed E-state index contributed by atoms with van der Waals surface area (Å²) in [5.41, 5.74) is 0.659. The van der Waals surface area contributed by atoms with Gasteiger partial charge in [-0.05, 0) is 31.0 Å². The SMILES string of the molecule is CC[C@@H](N[C@H]1CCOC1)c1ccc(Cl)c(C(=O)c2cccnc2)c1F. The zero-order valence-electron chi connectivity index (χ0n) is 14.0. The Balaban J connectivity index is 1.94. The van der Waals surface area contributed by atoms with Crippen molar-refractivity contribution in [1.82, 2.24) is 10.3 Å². The topological polar surface area (TPSA) is 51.2 Å². The molecular formula is C19H20ClFN2O2.